The van der Waals surface area contributed by atoms with Gasteiger partial charge in [-0.2, -0.15) is 0 Å². The molecule has 1 N–H and O–H groups in total. The SMILES string of the molecule is C=C(C)C(=O)OCC(COC(=O)C(=C)CO)CC1CCC(c2ccc(-c3ccc(CCCCC)cc3)c(F)c2)CC1. The van der Waals surface area contributed by atoms with Crippen molar-refractivity contribution in [2.24, 2.45) is 11.8 Å². The fraction of sp³-hybridized carbons (Fsp3) is 0.486. The van der Waals surface area contributed by atoms with E-state index >= 15 is 4.39 Å². The molecule has 1 aliphatic rings. The molecule has 0 aromatic heterocycles. The molecular weight excluding hydrogens is 519 g/mol. The third kappa shape index (κ3) is 9.96. The molecule has 1 saturated carbocycles. The van der Waals surface area contributed by atoms with Crippen LogP contribution in [0.2, 0.25) is 0 Å². The van der Waals surface area contributed by atoms with Gasteiger partial charge in [0.15, 0.2) is 0 Å². The summed E-state index contributed by atoms with van der Waals surface area (Å²) in [5, 5.41) is 9.12. The first-order chi connectivity index (χ1) is 19.7. The Morgan fingerprint density at radius 1 is 0.976 bits per heavy atom. The van der Waals surface area contributed by atoms with Crippen LogP contribution in [0.4, 0.5) is 4.39 Å². The number of rotatable bonds is 15. The predicted molar refractivity (Wildman–Crippen MR) is 161 cm³/mol. The predicted octanol–water partition coefficient (Wildman–Crippen LogP) is 7.72. The monoisotopic (exact) mass is 564 g/mol. The standard InChI is InChI=1S/C35H45FO5/c1-5-6-7-8-26-9-15-30(16-10-26)32-18-17-31(20-33(32)36)29-13-11-27(12-14-29)19-28(22-40-34(38)24(2)3)23-41-35(39)25(4)21-37/h9-10,15-18,20,27-29,37H,2,4-8,11-14,19,21-23H2,1,3H3. The van der Waals surface area contributed by atoms with Crippen LogP contribution in [0.15, 0.2) is 66.8 Å². The number of carbonyl (C=O) groups is 2. The number of aryl methyl sites for hydroxylation is 1. The van der Waals surface area contributed by atoms with Crippen molar-refractivity contribution in [2.75, 3.05) is 19.8 Å². The normalized spacial score (nSPS) is 17.5. The van der Waals surface area contributed by atoms with Crippen molar-refractivity contribution in [1.82, 2.24) is 0 Å². The summed E-state index contributed by atoms with van der Waals surface area (Å²) in [6.07, 6.45) is 9.18. The van der Waals surface area contributed by atoms with Crippen LogP contribution in [-0.2, 0) is 25.5 Å². The summed E-state index contributed by atoms with van der Waals surface area (Å²) in [6.45, 7) is 10.6. The molecule has 0 bridgehead atoms. The van der Waals surface area contributed by atoms with E-state index in [1.54, 1.807) is 13.0 Å². The van der Waals surface area contributed by atoms with Gasteiger partial charge in [0.2, 0.25) is 0 Å². The number of hydrogen-bond acceptors (Lipinski definition) is 5. The topological polar surface area (TPSA) is 72.8 Å². The highest BCUT2D eigenvalue weighted by atomic mass is 19.1. The Hall–Kier alpha value is -3.25. The highest BCUT2D eigenvalue weighted by Crippen LogP contribution is 2.39. The molecule has 41 heavy (non-hydrogen) atoms. The molecule has 0 amide bonds. The van der Waals surface area contributed by atoms with Gasteiger partial charge < -0.3 is 14.6 Å². The van der Waals surface area contributed by atoms with Crippen LogP contribution >= 0.6 is 0 Å². The number of ether oxygens (including phenoxy) is 2. The second-order valence-corrected chi connectivity index (χ2v) is 11.5. The number of aliphatic hydroxyl groups is 1. The molecule has 0 heterocycles. The molecule has 1 unspecified atom stereocenters. The van der Waals surface area contributed by atoms with Crippen LogP contribution in [0.1, 0.15) is 82.3 Å². The van der Waals surface area contributed by atoms with Crippen molar-refractivity contribution in [1.29, 1.82) is 0 Å². The summed E-state index contributed by atoms with van der Waals surface area (Å²) in [5.74, 6) is -0.821. The fourth-order valence-corrected chi connectivity index (χ4v) is 5.51. The fourth-order valence-electron chi connectivity index (χ4n) is 5.51. The maximum Gasteiger partial charge on any atom is 0.335 e. The molecule has 0 aliphatic heterocycles. The van der Waals surface area contributed by atoms with E-state index in [2.05, 4.69) is 38.3 Å². The van der Waals surface area contributed by atoms with Gasteiger partial charge in [0.25, 0.3) is 0 Å². The summed E-state index contributed by atoms with van der Waals surface area (Å²) >= 11 is 0. The van der Waals surface area contributed by atoms with Crippen LogP contribution in [0.3, 0.4) is 0 Å². The molecule has 1 aliphatic carbocycles. The van der Waals surface area contributed by atoms with Crippen LogP contribution in [0, 0.1) is 17.7 Å². The van der Waals surface area contributed by atoms with E-state index < -0.39 is 18.5 Å². The molecule has 2 aromatic carbocycles. The van der Waals surface area contributed by atoms with Crippen LogP contribution < -0.4 is 0 Å². The quantitative estimate of drug-likeness (QED) is 0.136. The Kier molecular flexibility index (Phi) is 12.8. The molecule has 0 spiro atoms. The van der Waals surface area contributed by atoms with E-state index in [1.807, 2.05) is 18.2 Å². The van der Waals surface area contributed by atoms with Gasteiger partial charge in [0.05, 0.1) is 25.4 Å². The lowest BCUT2D eigenvalue weighted by atomic mass is 9.75. The first-order valence-electron chi connectivity index (χ1n) is 14.9. The summed E-state index contributed by atoms with van der Waals surface area (Å²) in [6, 6.07) is 13.9. The van der Waals surface area contributed by atoms with E-state index in [4.69, 9.17) is 14.6 Å². The first kappa shape index (κ1) is 32.3. The third-order valence-electron chi connectivity index (χ3n) is 8.04. The van der Waals surface area contributed by atoms with Crippen LogP contribution in [0.25, 0.3) is 11.1 Å². The molecule has 1 atom stereocenters. The van der Waals surface area contributed by atoms with E-state index in [0.29, 0.717) is 23.0 Å². The van der Waals surface area contributed by atoms with E-state index in [-0.39, 0.29) is 30.5 Å². The molecule has 0 saturated heterocycles. The lowest BCUT2D eigenvalue weighted by molar-refractivity contribution is -0.144. The minimum absolute atomic E-state index is 0.0131. The van der Waals surface area contributed by atoms with Crippen molar-refractivity contribution in [2.45, 2.75) is 77.6 Å². The van der Waals surface area contributed by atoms with Gasteiger partial charge in [-0.15, -0.1) is 0 Å². The summed E-state index contributed by atoms with van der Waals surface area (Å²) < 4.78 is 25.9. The van der Waals surface area contributed by atoms with Gasteiger partial charge in [-0.1, -0.05) is 69.3 Å². The highest BCUT2D eigenvalue weighted by molar-refractivity contribution is 5.88. The van der Waals surface area contributed by atoms with Crippen molar-refractivity contribution < 1.29 is 28.6 Å². The van der Waals surface area contributed by atoms with Gasteiger partial charge in [-0.3, -0.25) is 0 Å². The van der Waals surface area contributed by atoms with Crippen molar-refractivity contribution in [3.63, 3.8) is 0 Å². The number of hydrogen-bond donors (Lipinski definition) is 1. The Morgan fingerprint density at radius 2 is 1.63 bits per heavy atom. The van der Waals surface area contributed by atoms with E-state index in [0.717, 1.165) is 49.7 Å². The Balaban J connectivity index is 1.56. The molecule has 1 fully saturated rings. The molecule has 0 radical (unpaired) electrons. The lowest BCUT2D eigenvalue weighted by Crippen LogP contribution is -2.25. The maximum atomic E-state index is 15.2. The number of carbonyl (C=O) groups excluding carboxylic acids is 2. The molecular formula is C35H45FO5. The van der Waals surface area contributed by atoms with E-state index in [1.165, 1.54) is 24.8 Å². The number of aliphatic hydroxyl groups excluding tert-OH is 1. The van der Waals surface area contributed by atoms with Crippen LogP contribution in [0.5, 0.6) is 0 Å². The summed E-state index contributed by atoms with van der Waals surface area (Å²) in [5.41, 5.74) is 4.16. The minimum atomic E-state index is -0.652. The largest absolute Gasteiger partial charge is 0.462 e. The average molecular weight is 565 g/mol. The molecule has 6 heteroatoms. The Bertz CT molecular complexity index is 1180. The number of benzene rings is 2. The van der Waals surface area contributed by atoms with E-state index in [9.17, 15) is 9.59 Å². The van der Waals surface area contributed by atoms with Gasteiger partial charge in [-0.05, 0) is 86.5 Å². The minimum Gasteiger partial charge on any atom is -0.462 e. The summed E-state index contributed by atoms with van der Waals surface area (Å²) in [7, 11) is 0. The number of halogens is 1. The summed E-state index contributed by atoms with van der Waals surface area (Å²) in [4.78, 5) is 23.9. The molecule has 2 aromatic rings. The average Bonchev–Trinajstić information content (AvgIpc) is 2.98. The second kappa shape index (κ2) is 16.3. The third-order valence-corrected chi connectivity index (χ3v) is 8.04. The second-order valence-electron chi connectivity index (χ2n) is 11.5. The Labute approximate surface area is 244 Å². The van der Waals surface area contributed by atoms with Crippen LogP contribution in [-0.4, -0.2) is 36.9 Å². The zero-order chi connectivity index (χ0) is 29.8. The van der Waals surface area contributed by atoms with Crippen molar-refractivity contribution >= 4 is 11.9 Å². The van der Waals surface area contributed by atoms with Gasteiger partial charge in [0.1, 0.15) is 5.82 Å². The van der Waals surface area contributed by atoms with Crippen molar-refractivity contribution in [3.8, 4) is 11.1 Å². The molecule has 5 nitrogen and oxygen atoms in total. The van der Waals surface area contributed by atoms with Gasteiger partial charge >= 0.3 is 11.9 Å². The zero-order valence-corrected chi connectivity index (χ0v) is 24.6. The first-order valence-corrected chi connectivity index (χ1v) is 14.9. The Morgan fingerprint density at radius 3 is 2.22 bits per heavy atom. The molecule has 222 valence electrons. The smallest absolute Gasteiger partial charge is 0.335 e. The number of esters is 2. The zero-order valence-electron chi connectivity index (χ0n) is 24.6. The van der Waals surface area contributed by atoms with Crippen molar-refractivity contribution in [3.05, 3.63) is 83.7 Å². The van der Waals surface area contributed by atoms with Gasteiger partial charge in [0, 0.05) is 17.1 Å². The maximum absolute atomic E-state index is 15.2. The molecule has 3 rings (SSSR count). The number of unbranched alkanes of at least 4 members (excludes halogenated alkanes) is 2. The highest BCUT2D eigenvalue weighted by Gasteiger charge is 2.27. The lowest BCUT2D eigenvalue weighted by Gasteiger charge is -2.31. The van der Waals surface area contributed by atoms with Gasteiger partial charge in [-0.25, -0.2) is 14.0 Å².